The van der Waals surface area contributed by atoms with Crippen molar-refractivity contribution in [2.75, 3.05) is 11.4 Å². The first-order chi connectivity index (χ1) is 8.25. The summed E-state index contributed by atoms with van der Waals surface area (Å²) in [6, 6.07) is 8.89. The van der Waals surface area contributed by atoms with Gasteiger partial charge in [-0.3, -0.25) is 0 Å². The number of likely N-dealkylation sites (N-methyl/N-ethyl adjacent to an activating group) is 1. The van der Waals surface area contributed by atoms with E-state index >= 15 is 0 Å². The van der Waals surface area contributed by atoms with Crippen molar-refractivity contribution in [2.24, 2.45) is 0 Å². The highest BCUT2D eigenvalue weighted by Gasteiger charge is 2.43. The van der Waals surface area contributed by atoms with Crippen LogP contribution < -0.4 is 4.90 Å². The maximum Gasteiger partial charge on any atom is 0.0450 e. The standard InChI is InChI=1S/C16H23N/c1-5-15-16(6-2,7-3)13-11-9-10-12-14(13)17(15)8-4/h5,9-12H,6-8H2,1-4H3/b15-5-. The van der Waals surface area contributed by atoms with Crippen LogP contribution in [0.2, 0.25) is 0 Å². The zero-order chi connectivity index (χ0) is 12.5. The van der Waals surface area contributed by atoms with Crippen LogP contribution in [0.5, 0.6) is 0 Å². The van der Waals surface area contributed by atoms with Gasteiger partial charge in [0, 0.05) is 23.3 Å². The van der Waals surface area contributed by atoms with E-state index in [1.807, 2.05) is 0 Å². The van der Waals surface area contributed by atoms with Gasteiger partial charge in [0.1, 0.15) is 0 Å². The third kappa shape index (κ3) is 1.52. The van der Waals surface area contributed by atoms with Gasteiger partial charge in [-0.1, -0.05) is 38.1 Å². The number of para-hydroxylation sites is 1. The zero-order valence-corrected chi connectivity index (χ0v) is 11.5. The molecule has 1 aromatic rings. The largest absolute Gasteiger partial charge is 0.345 e. The molecule has 0 spiro atoms. The fraction of sp³-hybridized carbons (Fsp3) is 0.500. The molecule has 0 amide bonds. The molecule has 0 bridgehead atoms. The van der Waals surface area contributed by atoms with Crippen molar-refractivity contribution in [2.45, 2.75) is 46.0 Å². The second-order valence-electron chi connectivity index (χ2n) is 4.72. The molecule has 2 rings (SSSR count). The SMILES string of the molecule is C/C=C1\N(CC)c2ccccc2C1(CC)CC. The average molecular weight is 229 g/mol. The van der Waals surface area contributed by atoms with Crippen LogP contribution in [0.1, 0.15) is 46.1 Å². The van der Waals surface area contributed by atoms with Gasteiger partial charge in [0.05, 0.1) is 0 Å². The first-order valence-corrected chi connectivity index (χ1v) is 6.79. The second kappa shape index (κ2) is 4.56. The summed E-state index contributed by atoms with van der Waals surface area (Å²) in [6.07, 6.45) is 4.66. The Balaban J connectivity index is 2.68. The summed E-state index contributed by atoms with van der Waals surface area (Å²) in [5, 5.41) is 0. The molecule has 17 heavy (non-hydrogen) atoms. The van der Waals surface area contributed by atoms with E-state index in [4.69, 9.17) is 0 Å². The Kier molecular flexibility index (Phi) is 3.28. The van der Waals surface area contributed by atoms with E-state index in [-0.39, 0.29) is 5.41 Å². The number of allylic oxidation sites excluding steroid dienone is 2. The smallest absolute Gasteiger partial charge is 0.0450 e. The normalized spacial score (nSPS) is 19.8. The van der Waals surface area contributed by atoms with Gasteiger partial charge in [-0.2, -0.15) is 0 Å². The lowest BCUT2D eigenvalue weighted by molar-refractivity contribution is 0.476. The average Bonchev–Trinajstić information content (AvgIpc) is 2.68. The van der Waals surface area contributed by atoms with Crippen molar-refractivity contribution < 1.29 is 0 Å². The number of fused-ring (bicyclic) bond motifs is 1. The van der Waals surface area contributed by atoms with Crippen molar-refractivity contribution in [3.8, 4) is 0 Å². The van der Waals surface area contributed by atoms with Crippen LogP contribution in [0, 0.1) is 0 Å². The van der Waals surface area contributed by atoms with E-state index in [1.165, 1.54) is 29.8 Å². The lowest BCUT2D eigenvalue weighted by Gasteiger charge is -2.31. The molecular formula is C16H23N. The van der Waals surface area contributed by atoms with Gasteiger partial charge >= 0.3 is 0 Å². The number of rotatable bonds is 3. The molecule has 0 radical (unpaired) electrons. The Labute approximate surface area is 105 Å². The van der Waals surface area contributed by atoms with E-state index in [2.05, 4.69) is 62.9 Å². The summed E-state index contributed by atoms with van der Waals surface area (Å²) in [5.41, 5.74) is 4.65. The summed E-state index contributed by atoms with van der Waals surface area (Å²) >= 11 is 0. The minimum atomic E-state index is 0.237. The Morgan fingerprint density at radius 3 is 2.29 bits per heavy atom. The zero-order valence-electron chi connectivity index (χ0n) is 11.5. The molecule has 1 nitrogen and oxygen atoms in total. The molecule has 1 aromatic carbocycles. The summed E-state index contributed by atoms with van der Waals surface area (Å²) in [6.45, 7) is 10.1. The van der Waals surface area contributed by atoms with Crippen LogP contribution in [-0.4, -0.2) is 6.54 Å². The van der Waals surface area contributed by atoms with Crippen LogP contribution in [0.3, 0.4) is 0 Å². The van der Waals surface area contributed by atoms with Crippen molar-refractivity contribution >= 4 is 5.69 Å². The van der Waals surface area contributed by atoms with E-state index < -0.39 is 0 Å². The van der Waals surface area contributed by atoms with Crippen molar-refractivity contribution in [1.82, 2.24) is 0 Å². The Morgan fingerprint density at radius 1 is 1.12 bits per heavy atom. The molecular weight excluding hydrogens is 206 g/mol. The van der Waals surface area contributed by atoms with Crippen LogP contribution in [0.4, 0.5) is 5.69 Å². The van der Waals surface area contributed by atoms with Crippen LogP contribution >= 0.6 is 0 Å². The second-order valence-corrected chi connectivity index (χ2v) is 4.72. The highest BCUT2D eigenvalue weighted by molar-refractivity contribution is 5.70. The third-order valence-corrected chi connectivity index (χ3v) is 4.29. The maximum atomic E-state index is 2.47. The van der Waals surface area contributed by atoms with Crippen LogP contribution in [0.15, 0.2) is 36.0 Å². The summed E-state index contributed by atoms with van der Waals surface area (Å²) in [5.74, 6) is 0. The number of hydrogen-bond donors (Lipinski definition) is 0. The molecule has 0 saturated carbocycles. The van der Waals surface area contributed by atoms with Gasteiger partial charge in [-0.25, -0.2) is 0 Å². The summed E-state index contributed by atoms with van der Waals surface area (Å²) in [7, 11) is 0. The lowest BCUT2D eigenvalue weighted by atomic mass is 9.75. The minimum Gasteiger partial charge on any atom is -0.345 e. The highest BCUT2D eigenvalue weighted by Crippen LogP contribution is 2.51. The third-order valence-electron chi connectivity index (χ3n) is 4.29. The van der Waals surface area contributed by atoms with Crippen LogP contribution in [0.25, 0.3) is 0 Å². The maximum absolute atomic E-state index is 2.47. The van der Waals surface area contributed by atoms with Gasteiger partial charge in [-0.15, -0.1) is 0 Å². The molecule has 0 saturated heterocycles. The van der Waals surface area contributed by atoms with E-state index in [0.29, 0.717) is 0 Å². The number of hydrogen-bond acceptors (Lipinski definition) is 1. The molecule has 1 heterocycles. The van der Waals surface area contributed by atoms with Gasteiger partial charge in [0.25, 0.3) is 0 Å². The van der Waals surface area contributed by atoms with Crippen molar-refractivity contribution in [3.63, 3.8) is 0 Å². The molecule has 0 fully saturated rings. The first kappa shape index (κ1) is 12.2. The minimum absolute atomic E-state index is 0.237. The number of benzene rings is 1. The number of anilines is 1. The predicted octanol–water partition coefficient (Wildman–Crippen LogP) is 4.49. The molecule has 1 aliphatic rings. The molecule has 92 valence electrons. The molecule has 0 aliphatic carbocycles. The fourth-order valence-corrected chi connectivity index (χ4v) is 3.41. The molecule has 1 aliphatic heterocycles. The molecule has 0 unspecified atom stereocenters. The summed E-state index contributed by atoms with van der Waals surface area (Å²) in [4.78, 5) is 2.47. The molecule has 1 heteroatoms. The Hall–Kier alpha value is -1.24. The van der Waals surface area contributed by atoms with Crippen LogP contribution in [-0.2, 0) is 5.41 Å². The molecule has 0 N–H and O–H groups in total. The van der Waals surface area contributed by atoms with Gasteiger partial charge in [0.2, 0.25) is 0 Å². The van der Waals surface area contributed by atoms with Gasteiger partial charge in [-0.05, 0) is 38.3 Å². The molecule has 0 aromatic heterocycles. The van der Waals surface area contributed by atoms with Gasteiger partial charge < -0.3 is 4.90 Å². The quantitative estimate of drug-likeness (QED) is 0.738. The topological polar surface area (TPSA) is 3.24 Å². The van der Waals surface area contributed by atoms with Gasteiger partial charge in [0.15, 0.2) is 0 Å². The monoisotopic (exact) mass is 229 g/mol. The fourth-order valence-electron chi connectivity index (χ4n) is 3.41. The van der Waals surface area contributed by atoms with Crippen molar-refractivity contribution in [3.05, 3.63) is 41.6 Å². The Morgan fingerprint density at radius 2 is 1.76 bits per heavy atom. The predicted molar refractivity (Wildman–Crippen MR) is 75.5 cm³/mol. The van der Waals surface area contributed by atoms with E-state index in [9.17, 15) is 0 Å². The Bertz CT molecular complexity index is 427. The first-order valence-electron chi connectivity index (χ1n) is 6.79. The van der Waals surface area contributed by atoms with Crippen molar-refractivity contribution in [1.29, 1.82) is 0 Å². The lowest BCUT2D eigenvalue weighted by Crippen LogP contribution is -2.29. The number of nitrogens with zero attached hydrogens (tertiary/aromatic N) is 1. The highest BCUT2D eigenvalue weighted by atomic mass is 15.2. The van der Waals surface area contributed by atoms with E-state index in [0.717, 1.165) is 6.54 Å². The molecule has 0 atom stereocenters. The van der Waals surface area contributed by atoms with E-state index in [1.54, 1.807) is 0 Å². The summed E-state index contributed by atoms with van der Waals surface area (Å²) < 4.78 is 0.